The number of rotatable bonds is 7. The number of phenolic OH excluding ortho intramolecular Hbond substituents is 1. The molecule has 1 N–H and O–H groups in total. The summed E-state index contributed by atoms with van der Waals surface area (Å²) in [6.45, 7) is 13.8. The summed E-state index contributed by atoms with van der Waals surface area (Å²) in [5.41, 5.74) is 3.11. The topological polar surface area (TPSA) is 85.3 Å². The van der Waals surface area contributed by atoms with Crippen LogP contribution in [0.5, 0.6) is 11.8 Å². The lowest BCUT2D eigenvalue weighted by molar-refractivity contribution is -0.126. The summed E-state index contributed by atoms with van der Waals surface area (Å²) in [7, 11) is 0. The first-order valence-corrected chi connectivity index (χ1v) is 14.8. The number of aromatic hydroxyl groups is 1. The Morgan fingerprint density at radius 3 is 2.68 bits per heavy atom. The molecule has 3 aromatic rings. The van der Waals surface area contributed by atoms with Crippen LogP contribution in [0.15, 0.2) is 49.1 Å². The molecule has 1 amide bonds. The first kappa shape index (κ1) is 27.3. The van der Waals surface area contributed by atoms with Gasteiger partial charge in [-0.2, -0.15) is 9.97 Å². The van der Waals surface area contributed by atoms with Crippen LogP contribution in [0, 0.1) is 0 Å². The highest BCUT2D eigenvalue weighted by Crippen LogP contribution is 2.36. The van der Waals surface area contributed by atoms with Gasteiger partial charge in [0.2, 0.25) is 5.91 Å². The molecule has 4 heterocycles. The summed E-state index contributed by atoms with van der Waals surface area (Å²) in [5, 5.41) is 12.6. The van der Waals surface area contributed by atoms with Crippen LogP contribution in [0.1, 0.15) is 37.9 Å². The number of fused-ring (bicyclic) bond motifs is 2. The van der Waals surface area contributed by atoms with Crippen LogP contribution in [-0.2, 0) is 17.8 Å². The van der Waals surface area contributed by atoms with Crippen LogP contribution in [0.2, 0.25) is 0 Å². The van der Waals surface area contributed by atoms with E-state index in [0.29, 0.717) is 57.4 Å². The minimum Gasteiger partial charge on any atom is -0.508 e. The molecule has 0 unspecified atom stereocenters. The molecule has 6 rings (SSSR count). The number of anilines is 2. The minimum atomic E-state index is -0.0290. The Balaban J connectivity index is 1.30. The minimum absolute atomic E-state index is 0.0290. The molecule has 3 aliphatic heterocycles. The molecule has 1 aromatic heterocycles. The standard InChI is InChI=1S/C32H40N6O3/c1-4-30(40)35-14-16-36(17-15-35)31-27-11-13-37(29-19-25(39)18-23-8-5-6-10-26(23)29)20-28(27)33-32(34-31)41-21-24-9-7-12-38(24)22(2)3/h4-6,8,10,18-19,22,24,39H,1,7,9,11-17,20-21H2,2-3H3/t24-/m1/s1. The highest BCUT2D eigenvalue weighted by atomic mass is 16.5. The van der Waals surface area contributed by atoms with Gasteiger partial charge in [0.15, 0.2) is 0 Å². The van der Waals surface area contributed by atoms with Crippen molar-refractivity contribution in [3.63, 3.8) is 0 Å². The second kappa shape index (κ2) is 11.6. The number of benzene rings is 2. The van der Waals surface area contributed by atoms with Gasteiger partial charge in [-0.3, -0.25) is 9.69 Å². The lowest BCUT2D eigenvalue weighted by Crippen LogP contribution is -2.49. The number of carbonyl (C=O) groups is 1. The molecule has 0 spiro atoms. The zero-order valence-corrected chi connectivity index (χ0v) is 24.1. The molecule has 216 valence electrons. The maximum atomic E-state index is 12.2. The van der Waals surface area contributed by atoms with Crippen LogP contribution in [0.3, 0.4) is 0 Å². The van der Waals surface area contributed by atoms with Crippen LogP contribution < -0.4 is 14.5 Å². The van der Waals surface area contributed by atoms with E-state index in [1.54, 1.807) is 0 Å². The van der Waals surface area contributed by atoms with E-state index in [1.807, 2.05) is 35.2 Å². The van der Waals surface area contributed by atoms with Crippen molar-refractivity contribution >= 4 is 28.2 Å². The van der Waals surface area contributed by atoms with E-state index in [0.717, 1.165) is 59.5 Å². The van der Waals surface area contributed by atoms with Crippen molar-refractivity contribution in [3.8, 4) is 11.8 Å². The average molecular weight is 557 g/mol. The Hall–Kier alpha value is -3.85. The highest BCUT2D eigenvalue weighted by molar-refractivity contribution is 5.95. The van der Waals surface area contributed by atoms with E-state index in [-0.39, 0.29) is 11.7 Å². The zero-order valence-electron chi connectivity index (χ0n) is 24.1. The summed E-state index contributed by atoms with van der Waals surface area (Å²) >= 11 is 0. The number of aromatic nitrogens is 2. The number of carbonyl (C=O) groups excluding carboxylic acids is 1. The maximum Gasteiger partial charge on any atom is 0.318 e. The maximum absolute atomic E-state index is 12.2. The Labute approximate surface area is 242 Å². The largest absolute Gasteiger partial charge is 0.508 e. The molecule has 3 aliphatic rings. The number of ether oxygens (including phenoxy) is 1. The highest BCUT2D eigenvalue weighted by Gasteiger charge is 2.31. The van der Waals surface area contributed by atoms with Gasteiger partial charge in [-0.25, -0.2) is 0 Å². The predicted octanol–water partition coefficient (Wildman–Crippen LogP) is 3.98. The lowest BCUT2D eigenvalue weighted by Gasteiger charge is -2.38. The predicted molar refractivity (Wildman–Crippen MR) is 162 cm³/mol. The van der Waals surface area contributed by atoms with Crippen LogP contribution in [-0.4, -0.2) is 88.7 Å². The van der Waals surface area contributed by atoms with Gasteiger partial charge in [-0.1, -0.05) is 30.8 Å². The fourth-order valence-corrected chi connectivity index (χ4v) is 6.61. The molecular formula is C32H40N6O3. The van der Waals surface area contributed by atoms with E-state index < -0.39 is 0 Å². The van der Waals surface area contributed by atoms with Crippen molar-refractivity contribution in [2.24, 2.45) is 0 Å². The van der Waals surface area contributed by atoms with Gasteiger partial charge in [0.1, 0.15) is 18.2 Å². The molecule has 9 heteroatoms. The molecule has 0 saturated carbocycles. The molecule has 2 fully saturated rings. The smallest absolute Gasteiger partial charge is 0.318 e. The third-order valence-corrected chi connectivity index (χ3v) is 8.74. The zero-order chi connectivity index (χ0) is 28.5. The molecule has 0 radical (unpaired) electrons. The summed E-state index contributed by atoms with van der Waals surface area (Å²) in [6.07, 6.45) is 4.47. The fraction of sp³-hybridized carbons (Fsp3) is 0.469. The summed E-state index contributed by atoms with van der Waals surface area (Å²) < 4.78 is 6.35. The number of phenols is 1. The molecular weight excluding hydrogens is 516 g/mol. The third-order valence-electron chi connectivity index (χ3n) is 8.74. The number of hydrogen-bond donors (Lipinski definition) is 1. The molecule has 9 nitrogen and oxygen atoms in total. The quantitative estimate of drug-likeness (QED) is 0.438. The number of likely N-dealkylation sites (tertiary alicyclic amines) is 1. The van der Waals surface area contributed by atoms with Crippen LogP contribution in [0.4, 0.5) is 11.5 Å². The lowest BCUT2D eigenvalue weighted by atomic mass is 10.0. The van der Waals surface area contributed by atoms with Gasteiger partial charge in [-0.15, -0.1) is 0 Å². The van der Waals surface area contributed by atoms with E-state index in [1.165, 1.54) is 12.5 Å². The number of piperazine rings is 1. The molecule has 0 bridgehead atoms. The molecule has 41 heavy (non-hydrogen) atoms. The number of amides is 1. The van der Waals surface area contributed by atoms with E-state index >= 15 is 0 Å². The van der Waals surface area contributed by atoms with E-state index in [9.17, 15) is 9.90 Å². The Bertz CT molecular complexity index is 1430. The number of hydrogen-bond acceptors (Lipinski definition) is 8. The van der Waals surface area contributed by atoms with Crippen molar-refractivity contribution < 1.29 is 14.6 Å². The third kappa shape index (κ3) is 5.55. The fourth-order valence-electron chi connectivity index (χ4n) is 6.61. The van der Waals surface area contributed by atoms with Crippen LogP contribution >= 0.6 is 0 Å². The van der Waals surface area contributed by atoms with Crippen LogP contribution in [0.25, 0.3) is 10.8 Å². The van der Waals surface area contributed by atoms with Gasteiger partial charge in [0.25, 0.3) is 0 Å². The second-order valence-electron chi connectivity index (χ2n) is 11.6. The second-order valence-corrected chi connectivity index (χ2v) is 11.6. The van der Waals surface area contributed by atoms with Crippen molar-refractivity contribution in [2.75, 3.05) is 55.7 Å². The first-order chi connectivity index (χ1) is 19.9. The van der Waals surface area contributed by atoms with E-state index in [2.05, 4.69) is 41.2 Å². The van der Waals surface area contributed by atoms with Crippen molar-refractivity contribution in [1.82, 2.24) is 19.8 Å². The molecule has 2 aromatic carbocycles. The Morgan fingerprint density at radius 1 is 1.10 bits per heavy atom. The van der Waals surface area contributed by atoms with Gasteiger partial charge >= 0.3 is 6.01 Å². The summed E-state index contributed by atoms with van der Waals surface area (Å²) in [5.74, 6) is 1.15. The van der Waals surface area contributed by atoms with E-state index in [4.69, 9.17) is 14.7 Å². The SMILES string of the molecule is C=CC(=O)N1CCN(c2nc(OC[C@H]3CCCN3C(C)C)nc3c2CCN(c2cc(O)cc4ccccc24)C3)CC1. The normalized spacial score (nSPS) is 19.6. The number of nitrogens with zero attached hydrogens (tertiary/aromatic N) is 6. The molecule has 2 saturated heterocycles. The van der Waals surface area contributed by atoms with Gasteiger partial charge in [0, 0.05) is 67.5 Å². The summed E-state index contributed by atoms with van der Waals surface area (Å²) in [6, 6.07) is 13.1. The van der Waals surface area contributed by atoms with Gasteiger partial charge < -0.3 is 24.5 Å². The monoisotopic (exact) mass is 556 g/mol. The summed E-state index contributed by atoms with van der Waals surface area (Å²) in [4.78, 5) is 31.1. The van der Waals surface area contributed by atoms with Crippen molar-refractivity contribution in [3.05, 3.63) is 60.3 Å². The Kier molecular flexibility index (Phi) is 7.71. The van der Waals surface area contributed by atoms with Gasteiger partial charge in [0.05, 0.1) is 12.2 Å². The Morgan fingerprint density at radius 2 is 1.90 bits per heavy atom. The van der Waals surface area contributed by atoms with Crippen molar-refractivity contribution in [2.45, 2.75) is 51.7 Å². The molecule has 0 aliphatic carbocycles. The van der Waals surface area contributed by atoms with Gasteiger partial charge in [-0.05, 0) is 57.2 Å². The first-order valence-electron chi connectivity index (χ1n) is 14.8. The molecule has 1 atom stereocenters. The average Bonchev–Trinajstić information content (AvgIpc) is 3.48. The van der Waals surface area contributed by atoms with Crippen molar-refractivity contribution in [1.29, 1.82) is 0 Å².